The van der Waals surface area contributed by atoms with E-state index in [-0.39, 0.29) is 18.4 Å². The van der Waals surface area contributed by atoms with Gasteiger partial charge in [0.15, 0.2) is 11.4 Å². The fourth-order valence-electron chi connectivity index (χ4n) is 1.39. The molecule has 0 saturated carbocycles. The first kappa shape index (κ1) is 13.4. The standard InChI is InChI=1S/C13H12ClNO4/c1-3-17-12(16)10-7-18-13(15-10)19-11-6-8(2)4-5-9(11)14/h4-7H,3H2,1-2H3. The van der Waals surface area contributed by atoms with Crippen molar-refractivity contribution in [2.24, 2.45) is 0 Å². The van der Waals surface area contributed by atoms with E-state index in [1.54, 1.807) is 19.1 Å². The van der Waals surface area contributed by atoms with Gasteiger partial charge in [0, 0.05) is 0 Å². The van der Waals surface area contributed by atoms with Crippen LogP contribution in [0.3, 0.4) is 0 Å². The summed E-state index contributed by atoms with van der Waals surface area (Å²) in [4.78, 5) is 15.3. The molecule has 0 aliphatic heterocycles. The minimum atomic E-state index is -0.559. The number of aryl methyl sites for hydroxylation is 1. The lowest BCUT2D eigenvalue weighted by molar-refractivity contribution is 0.0519. The van der Waals surface area contributed by atoms with Gasteiger partial charge in [-0.2, -0.15) is 4.98 Å². The minimum absolute atomic E-state index is 0.0561. The molecule has 0 aliphatic carbocycles. The number of hydrogen-bond donors (Lipinski definition) is 0. The highest BCUT2D eigenvalue weighted by molar-refractivity contribution is 6.32. The number of benzene rings is 1. The summed E-state index contributed by atoms with van der Waals surface area (Å²) in [6, 6.07) is 5.31. The normalized spacial score (nSPS) is 10.3. The Hall–Kier alpha value is -2.01. The van der Waals surface area contributed by atoms with Gasteiger partial charge in [-0.25, -0.2) is 4.79 Å². The number of aromatic nitrogens is 1. The molecule has 2 rings (SSSR count). The fourth-order valence-corrected chi connectivity index (χ4v) is 1.54. The zero-order chi connectivity index (χ0) is 13.8. The Balaban J connectivity index is 2.15. The van der Waals surface area contributed by atoms with Gasteiger partial charge >= 0.3 is 12.0 Å². The van der Waals surface area contributed by atoms with Crippen LogP contribution >= 0.6 is 11.6 Å². The minimum Gasteiger partial charge on any atom is -0.461 e. The van der Waals surface area contributed by atoms with Gasteiger partial charge in [-0.1, -0.05) is 17.7 Å². The first-order valence-electron chi connectivity index (χ1n) is 5.67. The number of ether oxygens (including phenoxy) is 2. The van der Waals surface area contributed by atoms with Crippen LogP contribution in [0.1, 0.15) is 23.0 Å². The van der Waals surface area contributed by atoms with Crippen LogP contribution in [0, 0.1) is 6.92 Å². The predicted octanol–water partition coefficient (Wildman–Crippen LogP) is 3.61. The van der Waals surface area contributed by atoms with Crippen LogP contribution in [-0.4, -0.2) is 17.6 Å². The van der Waals surface area contributed by atoms with E-state index in [9.17, 15) is 4.79 Å². The number of esters is 1. The third-order valence-corrected chi connectivity index (χ3v) is 2.56. The molecule has 1 heterocycles. The third-order valence-electron chi connectivity index (χ3n) is 2.25. The molecule has 0 amide bonds. The average molecular weight is 282 g/mol. The van der Waals surface area contributed by atoms with Gasteiger partial charge in [0.1, 0.15) is 6.26 Å². The van der Waals surface area contributed by atoms with Crippen molar-refractivity contribution in [2.75, 3.05) is 6.61 Å². The van der Waals surface area contributed by atoms with Crippen molar-refractivity contribution in [2.45, 2.75) is 13.8 Å². The molecule has 0 saturated heterocycles. The highest BCUT2D eigenvalue weighted by Gasteiger charge is 2.15. The first-order valence-corrected chi connectivity index (χ1v) is 6.04. The van der Waals surface area contributed by atoms with Crippen LogP contribution in [0.4, 0.5) is 0 Å². The highest BCUT2D eigenvalue weighted by atomic mass is 35.5. The topological polar surface area (TPSA) is 61.6 Å². The predicted molar refractivity (Wildman–Crippen MR) is 68.7 cm³/mol. The summed E-state index contributed by atoms with van der Waals surface area (Å²) in [6.45, 7) is 3.89. The molecule has 0 spiro atoms. The molecule has 1 aromatic heterocycles. The third kappa shape index (κ3) is 3.26. The van der Waals surface area contributed by atoms with Gasteiger partial charge in [0.05, 0.1) is 11.6 Å². The van der Waals surface area contributed by atoms with E-state index >= 15 is 0 Å². The molecule has 0 bridgehead atoms. The lowest BCUT2D eigenvalue weighted by atomic mass is 10.2. The summed E-state index contributed by atoms with van der Waals surface area (Å²) < 4.78 is 15.2. The summed E-state index contributed by atoms with van der Waals surface area (Å²) in [5.41, 5.74) is 1.04. The second kappa shape index (κ2) is 5.75. The largest absolute Gasteiger partial charge is 0.461 e. The zero-order valence-corrected chi connectivity index (χ0v) is 11.2. The Morgan fingerprint density at radius 2 is 2.26 bits per heavy atom. The summed E-state index contributed by atoms with van der Waals surface area (Å²) in [6.07, 6.45) is 1.12. The number of halogens is 1. The van der Waals surface area contributed by atoms with E-state index in [2.05, 4.69) is 4.98 Å². The van der Waals surface area contributed by atoms with Gasteiger partial charge in [-0.3, -0.25) is 0 Å². The summed E-state index contributed by atoms with van der Waals surface area (Å²) in [5.74, 6) is -0.143. The van der Waals surface area contributed by atoms with Crippen molar-refractivity contribution in [3.05, 3.63) is 40.7 Å². The van der Waals surface area contributed by atoms with Gasteiger partial charge < -0.3 is 13.9 Å². The van der Waals surface area contributed by atoms with E-state index in [4.69, 9.17) is 25.5 Å². The number of hydrogen-bond acceptors (Lipinski definition) is 5. The van der Waals surface area contributed by atoms with Crippen molar-refractivity contribution < 1.29 is 18.7 Å². The van der Waals surface area contributed by atoms with Crippen molar-refractivity contribution in [1.29, 1.82) is 0 Å². The molecule has 0 aliphatic rings. The molecule has 19 heavy (non-hydrogen) atoms. The van der Waals surface area contributed by atoms with Crippen molar-refractivity contribution >= 4 is 17.6 Å². The van der Waals surface area contributed by atoms with Crippen LogP contribution in [0.5, 0.6) is 11.8 Å². The molecule has 5 nitrogen and oxygen atoms in total. The second-order valence-corrected chi connectivity index (χ2v) is 4.16. The molecule has 2 aromatic rings. The van der Waals surface area contributed by atoms with Gasteiger partial charge in [0.25, 0.3) is 0 Å². The number of carbonyl (C=O) groups excluding carboxylic acids is 1. The van der Waals surface area contributed by atoms with Crippen molar-refractivity contribution in [3.8, 4) is 11.8 Å². The van der Waals surface area contributed by atoms with E-state index in [0.29, 0.717) is 10.8 Å². The quantitative estimate of drug-likeness (QED) is 0.801. The number of carbonyl (C=O) groups is 1. The van der Waals surface area contributed by atoms with E-state index in [0.717, 1.165) is 5.56 Å². The second-order valence-electron chi connectivity index (χ2n) is 3.76. The fraction of sp³-hybridized carbons (Fsp3) is 0.231. The number of oxazole rings is 1. The molecular formula is C13H12ClNO4. The molecule has 0 radical (unpaired) electrons. The summed E-state index contributed by atoms with van der Waals surface area (Å²) in [7, 11) is 0. The van der Waals surface area contributed by atoms with Crippen LogP contribution < -0.4 is 4.74 Å². The van der Waals surface area contributed by atoms with Gasteiger partial charge in [0.2, 0.25) is 0 Å². The lowest BCUT2D eigenvalue weighted by Crippen LogP contribution is -2.04. The molecule has 0 fully saturated rings. The van der Waals surface area contributed by atoms with Crippen LogP contribution in [0.15, 0.2) is 28.9 Å². The maximum absolute atomic E-state index is 11.4. The first-order chi connectivity index (χ1) is 9.10. The molecule has 0 N–H and O–H groups in total. The Morgan fingerprint density at radius 3 is 3.00 bits per heavy atom. The Kier molecular flexibility index (Phi) is 4.06. The van der Waals surface area contributed by atoms with Crippen LogP contribution in [-0.2, 0) is 4.74 Å². The molecule has 100 valence electrons. The lowest BCUT2D eigenvalue weighted by Gasteiger charge is -2.03. The Bertz CT molecular complexity index is 594. The smallest absolute Gasteiger partial charge is 0.399 e. The van der Waals surface area contributed by atoms with E-state index < -0.39 is 5.97 Å². The molecule has 0 atom stereocenters. The number of nitrogens with zero attached hydrogens (tertiary/aromatic N) is 1. The molecule has 1 aromatic carbocycles. The molecular weight excluding hydrogens is 270 g/mol. The van der Waals surface area contributed by atoms with Crippen LogP contribution in [0.25, 0.3) is 0 Å². The summed E-state index contributed by atoms with van der Waals surface area (Å²) >= 11 is 5.98. The molecule has 0 unspecified atom stereocenters. The Morgan fingerprint density at radius 1 is 1.47 bits per heavy atom. The van der Waals surface area contributed by atoms with Crippen molar-refractivity contribution in [3.63, 3.8) is 0 Å². The maximum Gasteiger partial charge on any atom is 0.399 e. The Labute approximate surface area is 115 Å². The monoisotopic (exact) mass is 281 g/mol. The maximum atomic E-state index is 11.4. The molecule has 6 heteroatoms. The van der Waals surface area contributed by atoms with Crippen LogP contribution in [0.2, 0.25) is 5.02 Å². The zero-order valence-electron chi connectivity index (χ0n) is 10.5. The number of rotatable bonds is 4. The highest BCUT2D eigenvalue weighted by Crippen LogP contribution is 2.29. The summed E-state index contributed by atoms with van der Waals surface area (Å²) in [5, 5.41) is 0.432. The van der Waals surface area contributed by atoms with Gasteiger partial charge in [-0.05, 0) is 31.5 Å². The van der Waals surface area contributed by atoms with E-state index in [1.807, 2.05) is 13.0 Å². The van der Waals surface area contributed by atoms with Gasteiger partial charge in [-0.15, -0.1) is 0 Å². The van der Waals surface area contributed by atoms with Crippen molar-refractivity contribution in [1.82, 2.24) is 4.98 Å². The SMILES string of the molecule is CCOC(=O)c1coc(Oc2cc(C)ccc2Cl)n1. The average Bonchev–Trinajstić information content (AvgIpc) is 2.83. The van der Waals surface area contributed by atoms with E-state index in [1.165, 1.54) is 6.26 Å².